The van der Waals surface area contributed by atoms with Crippen molar-refractivity contribution in [3.8, 4) is 34.1 Å². The van der Waals surface area contributed by atoms with Gasteiger partial charge in [0.2, 0.25) is 0 Å². The van der Waals surface area contributed by atoms with Crippen molar-refractivity contribution in [2.75, 3.05) is 52.9 Å². The molecule has 4 aliphatic rings. The van der Waals surface area contributed by atoms with Gasteiger partial charge in [-0.1, -0.05) is 0 Å². The van der Waals surface area contributed by atoms with Crippen molar-refractivity contribution in [2.24, 2.45) is 0 Å². The van der Waals surface area contributed by atoms with Gasteiger partial charge in [0.25, 0.3) is 0 Å². The minimum absolute atomic E-state index is 0.151. The molecule has 4 saturated heterocycles. The van der Waals surface area contributed by atoms with Crippen LogP contribution in [0.5, 0.6) is 23.0 Å². The van der Waals surface area contributed by atoms with E-state index in [-0.39, 0.29) is 24.4 Å². The van der Waals surface area contributed by atoms with E-state index in [2.05, 4.69) is 0 Å². The fraction of sp³-hybridized carbons (Fsp3) is 0.500. The van der Waals surface area contributed by atoms with Crippen LogP contribution < -0.4 is 18.9 Å². The molecule has 2 aromatic carbocycles. The number of benzene rings is 2. The van der Waals surface area contributed by atoms with Crippen molar-refractivity contribution in [1.29, 1.82) is 0 Å². The van der Waals surface area contributed by atoms with Crippen molar-refractivity contribution in [3.63, 3.8) is 0 Å². The lowest BCUT2D eigenvalue weighted by Gasteiger charge is -2.16. The molecule has 4 aliphatic heterocycles. The van der Waals surface area contributed by atoms with Crippen LogP contribution in [0.4, 0.5) is 0 Å². The molecule has 8 nitrogen and oxygen atoms in total. The monoisotopic (exact) mass is 442 g/mol. The van der Waals surface area contributed by atoms with E-state index in [0.717, 1.165) is 60.6 Å². The molecule has 0 bridgehead atoms. The largest absolute Gasteiger partial charge is 0.491 e. The van der Waals surface area contributed by atoms with E-state index >= 15 is 0 Å². The predicted octanol–water partition coefficient (Wildman–Crippen LogP) is 2.46. The van der Waals surface area contributed by atoms with Crippen LogP contribution in [0.3, 0.4) is 0 Å². The zero-order valence-electron chi connectivity index (χ0n) is 17.7. The Morgan fingerprint density at radius 1 is 0.562 bits per heavy atom. The molecular formula is C24H26O8. The highest BCUT2D eigenvalue weighted by Crippen LogP contribution is 2.38. The van der Waals surface area contributed by atoms with Gasteiger partial charge in [0, 0.05) is 17.7 Å². The summed E-state index contributed by atoms with van der Waals surface area (Å²) in [6.07, 6.45) is 0.690. The van der Waals surface area contributed by atoms with E-state index in [1.54, 1.807) is 0 Å². The topological polar surface area (TPSA) is 87.0 Å². The average molecular weight is 442 g/mol. The lowest BCUT2D eigenvalue weighted by Crippen LogP contribution is -2.08. The van der Waals surface area contributed by atoms with Crippen LogP contribution in [0.15, 0.2) is 36.4 Å². The van der Waals surface area contributed by atoms with Gasteiger partial charge in [-0.2, -0.15) is 0 Å². The predicted molar refractivity (Wildman–Crippen MR) is 113 cm³/mol. The smallest absolute Gasteiger partial charge is 0.130 e. The quantitative estimate of drug-likeness (QED) is 0.437. The molecule has 0 N–H and O–H groups in total. The number of ether oxygens (including phenoxy) is 8. The van der Waals surface area contributed by atoms with E-state index in [1.807, 2.05) is 36.4 Å². The van der Waals surface area contributed by atoms with Crippen LogP contribution in [-0.4, -0.2) is 77.3 Å². The molecule has 0 spiro atoms. The number of epoxide rings is 4. The first kappa shape index (κ1) is 20.1. The van der Waals surface area contributed by atoms with Crippen LogP contribution in [0.25, 0.3) is 11.1 Å². The maximum absolute atomic E-state index is 6.12. The summed E-state index contributed by atoms with van der Waals surface area (Å²) in [4.78, 5) is 0. The molecule has 6 rings (SSSR count). The van der Waals surface area contributed by atoms with Crippen LogP contribution in [0.2, 0.25) is 0 Å². The summed E-state index contributed by atoms with van der Waals surface area (Å²) >= 11 is 0. The first-order valence-electron chi connectivity index (χ1n) is 11.1. The van der Waals surface area contributed by atoms with E-state index < -0.39 is 0 Å². The molecule has 0 aliphatic carbocycles. The van der Waals surface area contributed by atoms with E-state index in [4.69, 9.17) is 37.9 Å². The molecule has 4 atom stereocenters. The zero-order chi connectivity index (χ0) is 21.3. The lowest BCUT2D eigenvalue weighted by molar-refractivity contribution is 0.251. The molecule has 2 aromatic rings. The first-order chi connectivity index (χ1) is 15.8. The van der Waals surface area contributed by atoms with Crippen molar-refractivity contribution >= 4 is 0 Å². The third-order valence-corrected chi connectivity index (χ3v) is 5.49. The van der Waals surface area contributed by atoms with Gasteiger partial charge in [-0.25, -0.2) is 0 Å². The second kappa shape index (κ2) is 8.78. The Labute approximate surface area is 186 Å². The summed E-state index contributed by atoms with van der Waals surface area (Å²) in [5, 5.41) is 0. The van der Waals surface area contributed by atoms with Gasteiger partial charge in [-0.3, -0.25) is 0 Å². The molecule has 4 fully saturated rings. The molecule has 0 radical (unpaired) electrons. The maximum atomic E-state index is 6.12. The van der Waals surface area contributed by atoms with E-state index in [1.165, 1.54) is 0 Å². The second-order valence-corrected chi connectivity index (χ2v) is 8.42. The van der Waals surface area contributed by atoms with Gasteiger partial charge in [0.1, 0.15) is 73.8 Å². The molecule has 0 saturated carbocycles. The molecule has 4 heterocycles. The Morgan fingerprint density at radius 2 is 1.03 bits per heavy atom. The van der Waals surface area contributed by atoms with Crippen LogP contribution in [-0.2, 0) is 18.9 Å². The minimum atomic E-state index is 0.151. The van der Waals surface area contributed by atoms with Crippen LogP contribution in [0, 0.1) is 0 Å². The number of hydrogen-bond acceptors (Lipinski definition) is 8. The van der Waals surface area contributed by atoms with Gasteiger partial charge in [-0.15, -0.1) is 0 Å². The number of rotatable bonds is 13. The third kappa shape index (κ3) is 5.63. The van der Waals surface area contributed by atoms with Gasteiger partial charge in [0.05, 0.1) is 26.4 Å². The fourth-order valence-electron chi connectivity index (χ4n) is 3.25. The van der Waals surface area contributed by atoms with Crippen LogP contribution >= 0.6 is 0 Å². The maximum Gasteiger partial charge on any atom is 0.130 e. The van der Waals surface area contributed by atoms with Gasteiger partial charge < -0.3 is 37.9 Å². The standard InChI is InChI=1S/C24H26O8/c1-2-23(24(32-14-22-13-31-22)6-16(1)25-7-19-10-28-19)15-3-17(26-8-20-11-29-20)5-18(4-15)27-9-21-12-30-21/h1-6,19-22H,7-14H2. The molecule has 32 heavy (non-hydrogen) atoms. The van der Waals surface area contributed by atoms with Gasteiger partial charge >= 0.3 is 0 Å². The first-order valence-corrected chi connectivity index (χ1v) is 11.1. The van der Waals surface area contributed by atoms with E-state index in [0.29, 0.717) is 26.4 Å². The number of hydrogen-bond donors (Lipinski definition) is 0. The third-order valence-electron chi connectivity index (χ3n) is 5.49. The van der Waals surface area contributed by atoms with Gasteiger partial charge in [-0.05, 0) is 29.8 Å². The van der Waals surface area contributed by atoms with Crippen molar-refractivity contribution in [1.82, 2.24) is 0 Å². The zero-order valence-corrected chi connectivity index (χ0v) is 17.7. The SMILES string of the molecule is c1cc(-c2cc(OCC3CO3)cc(OCC3CO3)c2)c(OCC2CO2)cc1OCC1CO1. The summed E-state index contributed by atoms with van der Waals surface area (Å²) in [6.45, 7) is 5.07. The summed E-state index contributed by atoms with van der Waals surface area (Å²) in [6, 6.07) is 11.8. The highest BCUT2D eigenvalue weighted by Gasteiger charge is 2.27. The van der Waals surface area contributed by atoms with Crippen LogP contribution in [0.1, 0.15) is 0 Å². The van der Waals surface area contributed by atoms with Crippen molar-refractivity contribution in [3.05, 3.63) is 36.4 Å². The molecular weight excluding hydrogens is 416 g/mol. The Kier molecular flexibility index (Phi) is 5.52. The summed E-state index contributed by atoms with van der Waals surface area (Å²) in [7, 11) is 0. The molecule has 0 amide bonds. The Hall–Kier alpha value is -2.52. The van der Waals surface area contributed by atoms with Gasteiger partial charge in [0.15, 0.2) is 0 Å². The summed E-state index contributed by atoms with van der Waals surface area (Å²) in [5.41, 5.74) is 1.87. The fourth-order valence-corrected chi connectivity index (χ4v) is 3.25. The molecule has 170 valence electrons. The van der Waals surface area contributed by atoms with E-state index in [9.17, 15) is 0 Å². The molecule has 8 heteroatoms. The summed E-state index contributed by atoms with van der Waals surface area (Å²) < 4.78 is 45.0. The average Bonchev–Trinajstić information content (AvgIpc) is 3.66. The Bertz CT molecular complexity index is 913. The van der Waals surface area contributed by atoms with Crippen molar-refractivity contribution in [2.45, 2.75) is 24.4 Å². The Morgan fingerprint density at radius 3 is 1.53 bits per heavy atom. The normalized spacial score (nSPS) is 26.9. The highest BCUT2D eigenvalue weighted by atomic mass is 16.6. The minimum Gasteiger partial charge on any atom is -0.491 e. The highest BCUT2D eigenvalue weighted by molar-refractivity contribution is 5.74. The Balaban J connectivity index is 1.26. The second-order valence-electron chi connectivity index (χ2n) is 8.42. The molecule has 4 unspecified atom stereocenters. The van der Waals surface area contributed by atoms with Crippen molar-refractivity contribution < 1.29 is 37.9 Å². The lowest BCUT2D eigenvalue weighted by atomic mass is 10.0. The molecule has 0 aromatic heterocycles. The summed E-state index contributed by atoms with van der Waals surface area (Å²) in [5.74, 6) is 2.94.